The monoisotopic (exact) mass is 249 g/mol. The molecule has 5 heteroatoms. The maximum absolute atomic E-state index is 11.0. The van der Waals surface area contributed by atoms with Crippen molar-refractivity contribution >= 4 is 11.4 Å². The fraction of sp³-hybridized carbons (Fsp3) is 0.538. The van der Waals surface area contributed by atoms with Crippen molar-refractivity contribution in [2.24, 2.45) is 0 Å². The lowest BCUT2D eigenvalue weighted by molar-refractivity contribution is -0.384. The zero-order valence-corrected chi connectivity index (χ0v) is 10.8. The summed E-state index contributed by atoms with van der Waals surface area (Å²) >= 11 is 0. The van der Waals surface area contributed by atoms with Crippen LogP contribution >= 0.6 is 0 Å². The van der Waals surface area contributed by atoms with Crippen LogP contribution in [0.4, 0.5) is 11.4 Å². The van der Waals surface area contributed by atoms with E-state index in [0.717, 1.165) is 31.6 Å². The van der Waals surface area contributed by atoms with Gasteiger partial charge in [0.05, 0.1) is 4.92 Å². The first-order chi connectivity index (χ1) is 8.56. The van der Waals surface area contributed by atoms with E-state index < -0.39 is 0 Å². The molecule has 98 valence electrons. The van der Waals surface area contributed by atoms with Gasteiger partial charge in [0.25, 0.3) is 5.69 Å². The van der Waals surface area contributed by atoms with Gasteiger partial charge < -0.3 is 10.2 Å². The second kappa shape index (κ2) is 4.94. The van der Waals surface area contributed by atoms with Crippen LogP contribution in [0, 0.1) is 10.1 Å². The Morgan fingerprint density at radius 3 is 2.50 bits per heavy atom. The summed E-state index contributed by atoms with van der Waals surface area (Å²) in [6.07, 6.45) is 1.99. The molecule has 5 nitrogen and oxygen atoms in total. The van der Waals surface area contributed by atoms with E-state index in [-0.39, 0.29) is 16.1 Å². The van der Waals surface area contributed by atoms with Crippen molar-refractivity contribution in [1.82, 2.24) is 5.32 Å². The average molecular weight is 249 g/mol. The number of nitrogens with one attached hydrogen (secondary N) is 1. The minimum atomic E-state index is -0.304. The quantitative estimate of drug-likeness (QED) is 0.659. The molecule has 1 fully saturated rings. The highest BCUT2D eigenvalue weighted by Crippen LogP contribution is 2.31. The molecule has 1 aromatic rings. The van der Waals surface area contributed by atoms with Crippen molar-refractivity contribution in [2.75, 3.05) is 25.0 Å². The molecule has 1 heterocycles. The molecule has 0 unspecified atom stereocenters. The van der Waals surface area contributed by atoms with Gasteiger partial charge in [0, 0.05) is 24.7 Å². The predicted octanol–water partition coefficient (Wildman–Crippen LogP) is 2.17. The smallest absolute Gasteiger partial charge is 0.292 e. The fourth-order valence-corrected chi connectivity index (χ4v) is 2.38. The normalized spacial score (nSPS) is 18.7. The van der Waals surface area contributed by atoms with E-state index in [2.05, 4.69) is 17.1 Å². The van der Waals surface area contributed by atoms with Crippen LogP contribution in [0.2, 0.25) is 0 Å². The third-order valence-corrected chi connectivity index (χ3v) is 3.89. The maximum Gasteiger partial charge on any atom is 0.292 e. The molecular weight excluding hydrogens is 230 g/mol. The van der Waals surface area contributed by atoms with Crippen molar-refractivity contribution in [3.63, 3.8) is 0 Å². The molecule has 0 aromatic heterocycles. The number of benzene rings is 1. The zero-order chi connectivity index (χ0) is 13.2. The number of rotatable bonds is 3. The first-order valence-corrected chi connectivity index (χ1v) is 6.23. The zero-order valence-electron chi connectivity index (χ0n) is 10.8. The van der Waals surface area contributed by atoms with Gasteiger partial charge in [0.1, 0.15) is 5.69 Å². The molecule has 0 aliphatic carbocycles. The Labute approximate surface area is 107 Å². The lowest BCUT2D eigenvalue weighted by Crippen LogP contribution is -2.50. The van der Waals surface area contributed by atoms with Crippen LogP contribution in [0.5, 0.6) is 0 Å². The highest BCUT2D eigenvalue weighted by Gasteiger charge is 2.30. The van der Waals surface area contributed by atoms with Crippen LogP contribution in [0.3, 0.4) is 0 Å². The van der Waals surface area contributed by atoms with Crippen molar-refractivity contribution in [2.45, 2.75) is 25.3 Å². The molecule has 1 N–H and O–H groups in total. The van der Waals surface area contributed by atoms with E-state index in [0.29, 0.717) is 0 Å². The summed E-state index contributed by atoms with van der Waals surface area (Å²) in [5.74, 6) is 0. The van der Waals surface area contributed by atoms with Gasteiger partial charge in [-0.2, -0.15) is 0 Å². The number of nitro groups is 1. The number of piperidine rings is 1. The number of para-hydroxylation sites is 2. The molecule has 0 saturated carbocycles. The van der Waals surface area contributed by atoms with Gasteiger partial charge in [0.2, 0.25) is 0 Å². The first-order valence-electron chi connectivity index (χ1n) is 6.23. The lowest BCUT2D eigenvalue weighted by Gasteiger charge is -2.40. The van der Waals surface area contributed by atoms with E-state index >= 15 is 0 Å². The maximum atomic E-state index is 11.0. The van der Waals surface area contributed by atoms with Gasteiger partial charge in [-0.1, -0.05) is 12.1 Å². The highest BCUT2D eigenvalue weighted by molar-refractivity contribution is 5.63. The van der Waals surface area contributed by atoms with Gasteiger partial charge in [-0.3, -0.25) is 10.1 Å². The molecule has 2 rings (SSSR count). The number of hydrogen-bond acceptors (Lipinski definition) is 4. The molecular formula is C13H19N3O2. The van der Waals surface area contributed by atoms with Crippen molar-refractivity contribution in [1.29, 1.82) is 0 Å². The standard InChI is InChI=1S/C13H19N3O2/c1-13(14-2)7-9-15(10-8-13)11-5-3-4-6-12(11)16(17)18/h3-6,14H,7-10H2,1-2H3. The molecule has 1 aliphatic rings. The van der Waals surface area contributed by atoms with Crippen LogP contribution in [-0.4, -0.2) is 30.6 Å². The predicted molar refractivity (Wildman–Crippen MR) is 72.0 cm³/mol. The van der Waals surface area contributed by atoms with Gasteiger partial charge in [-0.15, -0.1) is 0 Å². The number of hydrogen-bond donors (Lipinski definition) is 1. The van der Waals surface area contributed by atoms with Crippen LogP contribution in [0.15, 0.2) is 24.3 Å². The Hall–Kier alpha value is -1.62. The molecule has 0 radical (unpaired) electrons. The van der Waals surface area contributed by atoms with Crippen LogP contribution in [-0.2, 0) is 0 Å². The Balaban J connectivity index is 2.17. The highest BCUT2D eigenvalue weighted by atomic mass is 16.6. The second-order valence-electron chi connectivity index (χ2n) is 5.04. The van der Waals surface area contributed by atoms with Crippen molar-refractivity contribution < 1.29 is 4.92 Å². The van der Waals surface area contributed by atoms with Crippen molar-refractivity contribution in [3.05, 3.63) is 34.4 Å². The fourth-order valence-electron chi connectivity index (χ4n) is 2.38. The van der Waals surface area contributed by atoms with E-state index in [1.165, 1.54) is 0 Å². The summed E-state index contributed by atoms with van der Waals surface area (Å²) in [6, 6.07) is 6.97. The summed E-state index contributed by atoms with van der Waals surface area (Å²) < 4.78 is 0. The third kappa shape index (κ3) is 2.46. The summed E-state index contributed by atoms with van der Waals surface area (Å²) in [5.41, 5.74) is 1.09. The summed E-state index contributed by atoms with van der Waals surface area (Å²) in [7, 11) is 1.97. The van der Waals surface area contributed by atoms with Crippen LogP contribution < -0.4 is 10.2 Å². The minimum Gasteiger partial charge on any atom is -0.366 e. The number of anilines is 1. The Morgan fingerprint density at radius 2 is 1.94 bits per heavy atom. The molecule has 1 saturated heterocycles. The molecule has 0 amide bonds. The van der Waals surface area contributed by atoms with Gasteiger partial charge in [-0.25, -0.2) is 0 Å². The summed E-state index contributed by atoms with van der Waals surface area (Å²) in [4.78, 5) is 12.8. The van der Waals surface area contributed by atoms with E-state index in [1.54, 1.807) is 12.1 Å². The van der Waals surface area contributed by atoms with E-state index in [4.69, 9.17) is 0 Å². The third-order valence-electron chi connectivity index (χ3n) is 3.89. The summed E-state index contributed by atoms with van der Waals surface area (Å²) in [6.45, 7) is 3.90. The Bertz CT molecular complexity index is 440. The molecule has 1 aromatic carbocycles. The van der Waals surface area contributed by atoms with E-state index in [9.17, 15) is 10.1 Å². The average Bonchev–Trinajstić information content (AvgIpc) is 2.39. The molecule has 0 bridgehead atoms. The topological polar surface area (TPSA) is 58.4 Å². The summed E-state index contributed by atoms with van der Waals surface area (Å²) in [5, 5.41) is 14.3. The minimum absolute atomic E-state index is 0.153. The lowest BCUT2D eigenvalue weighted by atomic mass is 9.89. The molecule has 1 aliphatic heterocycles. The van der Waals surface area contributed by atoms with Gasteiger partial charge in [-0.05, 0) is 32.9 Å². The Kier molecular flexibility index (Phi) is 3.52. The Morgan fingerprint density at radius 1 is 1.33 bits per heavy atom. The van der Waals surface area contributed by atoms with E-state index in [1.807, 2.05) is 19.2 Å². The van der Waals surface area contributed by atoms with Crippen LogP contribution in [0.25, 0.3) is 0 Å². The van der Waals surface area contributed by atoms with Crippen molar-refractivity contribution in [3.8, 4) is 0 Å². The molecule has 0 atom stereocenters. The molecule has 18 heavy (non-hydrogen) atoms. The molecule has 0 spiro atoms. The SMILES string of the molecule is CNC1(C)CCN(c2ccccc2[N+](=O)[O-])CC1. The second-order valence-corrected chi connectivity index (χ2v) is 5.04. The number of nitro benzene ring substituents is 1. The van der Waals surface area contributed by atoms with Gasteiger partial charge >= 0.3 is 0 Å². The van der Waals surface area contributed by atoms with Crippen LogP contribution in [0.1, 0.15) is 19.8 Å². The number of nitrogens with zero attached hydrogens (tertiary/aromatic N) is 2. The largest absolute Gasteiger partial charge is 0.366 e. The van der Waals surface area contributed by atoms with Gasteiger partial charge in [0.15, 0.2) is 0 Å². The first kappa shape index (κ1) is 12.8.